The van der Waals surface area contributed by atoms with Gasteiger partial charge in [-0.25, -0.2) is 0 Å². The van der Waals surface area contributed by atoms with Gasteiger partial charge in [-0.15, -0.1) is 11.8 Å². The van der Waals surface area contributed by atoms with E-state index in [4.69, 9.17) is 0 Å². The number of rotatable bonds is 6. The van der Waals surface area contributed by atoms with E-state index in [-0.39, 0.29) is 5.78 Å². The number of benzene rings is 1. The number of carbonyl (C=O) groups excluding carboxylic acids is 1. The second-order valence-corrected chi connectivity index (χ2v) is 6.13. The van der Waals surface area contributed by atoms with Crippen LogP contribution in [0.25, 0.3) is 0 Å². The molecule has 0 aliphatic heterocycles. The quantitative estimate of drug-likeness (QED) is 0.755. The van der Waals surface area contributed by atoms with Gasteiger partial charge in [0.2, 0.25) is 0 Å². The third-order valence-electron chi connectivity index (χ3n) is 2.63. The second kappa shape index (κ2) is 6.91. The molecule has 1 heterocycles. The highest BCUT2D eigenvalue weighted by Crippen LogP contribution is 2.20. The van der Waals surface area contributed by atoms with Crippen LogP contribution in [0.4, 0.5) is 0 Å². The van der Waals surface area contributed by atoms with Gasteiger partial charge in [-0.1, -0.05) is 15.9 Å². The smallest absolute Gasteiger partial charge is 0.147 e. The Balaban J connectivity index is 1.82. The van der Waals surface area contributed by atoms with Crippen molar-refractivity contribution in [3.63, 3.8) is 0 Å². The van der Waals surface area contributed by atoms with E-state index in [0.717, 1.165) is 21.5 Å². The zero-order valence-electron chi connectivity index (χ0n) is 10.7. The fraction of sp³-hybridized carbons (Fsp3) is 0.286. The summed E-state index contributed by atoms with van der Waals surface area (Å²) in [6, 6.07) is 7.99. The summed E-state index contributed by atoms with van der Waals surface area (Å²) < 4.78 is 2.89. The Kier molecular flexibility index (Phi) is 5.22. The molecular formula is C14H15BrN2OS. The fourth-order valence-corrected chi connectivity index (χ4v) is 2.67. The van der Waals surface area contributed by atoms with Crippen molar-refractivity contribution in [1.82, 2.24) is 9.78 Å². The Morgan fingerprint density at radius 2 is 2.11 bits per heavy atom. The highest BCUT2D eigenvalue weighted by molar-refractivity contribution is 9.10. The molecule has 100 valence electrons. The minimum absolute atomic E-state index is 0.226. The summed E-state index contributed by atoms with van der Waals surface area (Å²) in [4.78, 5) is 13.0. The predicted octanol–water partition coefficient (Wildman–Crippen LogP) is 3.57. The van der Waals surface area contributed by atoms with Crippen molar-refractivity contribution in [2.24, 2.45) is 0 Å². The molecule has 19 heavy (non-hydrogen) atoms. The maximum atomic E-state index is 11.9. The minimum atomic E-state index is 0.226. The van der Waals surface area contributed by atoms with Gasteiger partial charge in [0.25, 0.3) is 0 Å². The summed E-state index contributed by atoms with van der Waals surface area (Å²) in [5.41, 5.74) is 0.989. The Morgan fingerprint density at radius 1 is 1.37 bits per heavy atom. The number of thioether (sulfide) groups is 1. The van der Waals surface area contributed by atoms with Crippen LogP contribution >= 0.6 is 27.7 Å². The van der Waals surface area contributed by atoms with Gasteiger partial charge in [-0.05, 0) is 36.8 Å². The number of nitrogens with zero attached hydrogens (tertiary/aromatic N) is 2. The van der Waals surface area contributed by atoms with Gasteiger partial charge >= 0.3 is 0 Å². The molecule has 0 atom stereocenters. The maximum absolute atomic E-state index is 11.9. The molecule has 0 radical (unpaired) electrons. The van der Waals surface area contributed by atoms with Crippen LogP contribution in [0.5, 0.6) is 0 Å². The average molecular weight is 339 g/mol. The fourth-order valence-electron chi connectivity index (χ4n) is 1.64. The molecule has 1 aromatic heterocycles. The van der Waals surface area contributed by atoms with Crippen LogP contribution in [0.3, 0.4) is 0 Å². The maximum Gasteiger partial charge on any atom is 0.147 e. The van der Waals surface area contributed by atoms with Crippen LogP contribution in [-0.2, 0) is 17.8 Å². The number of aromatic nitrogens is 2. The van der Waals surface area contributed by atoms with Gasteiger partial charge < -0.3 is 0 Å². The monoisotopic (exact) mass is 338 g/mol. The van der Waals surface area contributed by atoms with E-state index in [1.165, 1.54) is 0 Å². The molecular weight excluding hydrogens is 324 g/mol. The molecule has 0 aliphatic rings. The lowest BCUT2D eigenvalue weighted by atomic mass is 10.2. The van der Waals surface area contributed by atoms with Crippen molar-refractivity contribution in [3.8, 4) is 0 Å². The normalized spacial score (nSPS) is 10.6. The Labute approximate surface area is 125 Å². The Hall–Kier alpha value is -1.07. The first-order valence-corrected chi connectivity index (χ1v) is 7.86. The van der Waals surface area contributed by atoms with E-state index < -0.39 is 0 Å². The summed E-state index contributed by atoms with van der Waals surface area (Å²) in [6.07, 6.45) is 4.16. The van der Waals surface area contributed by atoms with Crippen molar-refractivity contribution in [3.05, 3.63) is 46.7 Å². The molecule has 0 unspecified atom stereocenters. The van der Waals surface area contributed by atoms with Gasteiger partial charge in [-0.2, -0.15) is 5.10 Å². The third kappa shape index (κ3) is 4.51. The SMILES string of the molecule is CCn1cc(CC(=O)CSc2ccc(Br)cc2)cn1. The number of hydrogen-bond acceptors (Lipinski definition) is 3. The Bertz CT molecular complexity index is 551. The third-order valence-corrected chi connectivity index (χ3v) is 4.23. The van der Waals surface area contributed by atoms with Gasteiger partial charge in [0, 0.05) is 28.5 Å². The van der Waals surface area contributed by atoms with Crippen LogP contribution in [0.15, 0.2) is 46.0 Å². The molecule has 0 bridgehead atoms. The molecule has 0 spiro atoms. The van der Waals surface area contributed by atoms with E-state index in [1.807, 2.05) is 42.1 Å². The van der Waals surface area contributed by atoms with Crippen LogP contribution in [0.2, 0.25) is 0 Å². The number of ketones is 1. The van der Waals surface area contributed by atoms with Crippen molar-refractivity contribution < 1.29 is 4.79 Å². The number of halogens is 1. The summed E-state index contributed by atoms with van der Waals surface area (Å²) in [5, 5.41) is 4.17. The van der Waals surface area contributed by atoms with E-state index in [9.17, 15) is 4.79 Å². The molecule has 3 nitrogen and oxygen atoms in total. The number of carbonyl (C=O) groups is 1. The predicted molar refractivity (Wildman–Crippen MR) is 81.5 cm³/mol. The summed E-state index contributed by atoms with van der Waals surface area (Å²) in [5.74, 6) is 0.724. The van der Waals surface area contributed by atoms with Gasteiger partial charge in [0.05, 0.1) is 11.9 Å². The highest BCUT2D eigenvalue weighted by atomic mass is 79.9. The molecule has 0 amide bonds. The molecule has 0 saturated carbocycles. The lowest BCUT2D eigenvalue weighted by Crippen LogP contribution is -2.05. The summed E-state index contributed by atoms with van der Waals surface area (Å²) >= 11 is 4.96. The van der Waals surface area contributed by atoms with Gasteiger partial charge in [0.1, 0.15) is 5.78 Å². The average Bonchev–Trinajstić information content (AvgIpc) is 2.86. The first-order valence-electron chi connectivity index (χ1n) is 6.09. The van der Waals surface area contributed by atoms with Crippen LogP contribution in [0, 0.1) is 0 Å². The van der Waals surface area contributed by atoms with Crippen molar-refractivity contribution in [2.45, 2.75) is 24.8 Å². The van der Waals surface area contributed by atoms with Crippen molar-refractivity contribution in [2.75, 3.05) is 5.75 Å². The topological polar surface area (TPSA) is 34.9 Å². The summed E-state index contributed by atoms with van der Waals surface area (Å²) in [7, 11) is 0. The van der Waals surface area contributed by atoms with E-state index >= 15 is 0 Å². The molecule has 1 aromatic carbocycles. The number of aryl methyl sites for hydroxylation is 1. The molecule has 0 N–H and O–H groups in total. The van der Waals surface area contributed by atoms with E-state index in [1.54, 1.807) is 18.0 Å². The van der Waals surface area contributed by atoms with Crippen LogP contribution in [0.1, 0.15) is 12.5 Å². The number of Topliss-reactive ketones (excluding diaryl/α,β-unsaturated/α-hetero) is 1. The Morgan fingerprint density at radius 3 is 2.74 bits per heavy atom. The second-order valence-electron chi connectivity index (χ2n) is 4.16. The van der Waals surface area contributed by atoms with Gasteiger partial charge in [0.15, 0.2) is 0 Å². The zero-order valence-corrected chi connectivity index (χ0v) is 13.1. The standard InChI is InChI=1S/C14H15BrN2OS/c1-2-17-9-11(8-16-17)7-13(18)10-19-14-5-3-12(15)4-6-14/h3-6,8-9H,2,7,10H2,1H3. The zero-order chi connectivity index (χ0) is 13.7. The van der Waals surface area contributed by atoms with Crippen LogP contribution < -0.4 is 0 Å². The van der Waals surface area contributed by atoms with Gasteiger partial charge in [-0.3, -0.25) is 9.48 Å². The lowest BCUT2D eigenvalue weighted by molar-refractivity contribution is -0.116. The first-order chi connectivity index (χ1) is 9.17. The van der Waals surface area contributed by atoms with Crippen molar-refractivity contribution >= 4 is 33.5 Å². The number of hydrogen-bond donors (Lipinski definition) is 0. The lowest BCUT2D eigenvalue weighted by Gasteiger charge is -2.01. The molecule has 5 heteroatoms. The van der Waals surface area contributed by atoms with Crippen molar-refractivity contribution in [1.29, 1.82) is 0 Å². The molecule has 0 fully saturated rings. The van der Waals surface area contributed by atoms with E-state index in [0.29, 0.717) is 12.2 Å². The first kappa shape index (κ1) is 14.3. The molecule has 2 rings (SSSR count). The molecule has 0 aliphatic carbocycles. The largest absolute Gasteiger partial charge is 0.298 e. The summed E-state index contributed by atoms with van der Waals surface area (Å²) in [6.45, 7) is 2.86. The van der Waals surface area contributed by atoms with Crippen LogP contribution in [-0.4, -0.2) is 21.3 Å². The molecule has 2 aromatic rings. The minimum Gasteiger partial charge on any atom is -0.298 e. The van der Waals surface area contributed by atoms with E-state index in [2.05, 4.69) is 21.0 Å². The molecule has 0 saturated heterocycles. The highest BCUT2D eigenvalue weighted by Gasteiger charge is 2.06.